The monoisotopic (exact) mass is 488 g/mol. The number of aliphatic imine (C=N–C) groups is 1. The second-order valence-corrected chi connectivity index (χ2v) is 9.61. The number of para-hydroxylation sites is 2. The summed E-state index contributed by atoms with van der Waals surface area (Å²) in [6.07, 6.45) is 2.18. The summed E-state index contributed by atoms with van der Waals surface area (Å²) in [6, 6.07) is 15.8. The van der Waals surface area contributed by atoms with Gasteiger partial charge in [0.1, 0.15) is 11.4 Å². The molecular formula is C27H32N6O3. The number of hydrogen-bond acceptors (Lipinski definition) is 6. The molecule has 0 aliphatic carbocycles. The van der Waals surface area contributed by atoms with Crippen LogP contribution in [0.1, 0.15) is 39.7 Å². The maximum Gasteiger partial charge on any atom is 0.413 e. The molecule has 36 heavy (non-hydrogen) atoms. The van der Waals surface area contributed by atoms with Crippen LogP contribution in [0.2, 0.25) is 0 Å². The van der Waals surface area contributed by atoms with E-state index in [0.717, 1.165) is 35.1 Å². The quantitative estimate of drug-likeness (QED) is 0.204. The minimum atomic E-state index is -0.537. The molecular weight excluding hydrogens is 456 g/mol. The Hall–Kier alpha value is -3.98. The highest BCUT2D eigenvalue weighted by Gasteiger charge is 2.16. The standard InChI is InChI=1S/C27H32N6O3/c1-18(30-26(35)36-27(2,3)4)29-15-7-14-28-16-19-10-12-20(13-11-19)21-17-33-23-9-6-5-8-22(23)31-25(33)32-24(21)34/h5-6,8-13,17,28H,7,14-16H2,1-4H3,(H,29,30,35)(H,31,32,34). The fraction of sp³-hybridized carbons (Fsp3) is 0.333. The van der Waals surface area contributed by atoms with Gasteiger partial charge in [0.15, 0.2) is 0 Å². The number of alkyl carbamates (subject to hydrolysis) is 1. The Labute approximate surface area is 209 Å². The van der Waals surface area contributed by atoms with Crippen molar-refractivity contribution in [1.29, 1.82) is 0 Å². The topological polar surface area (TPSA) is 113 Å². The fourth-order valence-corrected chi connectivity index (χ4v) is 3.80. The molecule has 9 heteroatoms. The van der Waals surface area contributed by atoms with Gasteiger partial charge in [0.2, 0.25) is 5.78 Å². The summed E-state index contributed by atoms with van der Waals surface area (Å²) in [4.78, 5) is 36.1. The Morgan fingerprint density at radius 1 is 1.14 bits per heavy atom. The summed E-state index contributed by atoms with van der Waals surface area (Å²) in [6.45, 7) is 9.30. The molecule has 188 valence electrons. The Morgan fingerprint density at radius 2 is 1.89 bits per heavy atom. The summed E-state index contributed by atoms with van der Waals surface area (Å²) >= 11 is 0. The molecule has 0 spiro atoms. The van der Waals surface area contributed by atoms with Gasteiger partial charge in [-0.15, -0.1) is 0 Å². The number of hydrogen-bond donors (Lipinski definition) is 3. The van der Waals surface area contributed by atoms with Crippen LogP contribution < -0.4 is 16.2 Å². The number of carbonyl (C=O) groups excluding carboxylic acids is 1. The number of rotatable bonds is 7. The molecule has 3 N–H and O–H groups in total. The lowest BCUT2D eigenvalue weighted by Crippen LogP contribution is -2.35. The van der Waals surface area contributed by atoms with Crippen LogP contribution in [0.25, 0.3) is 27.9 Å². The van der Waals surface area contributed by atoms with E-state index >= 15 is 0 Å². The zero-order valence-electron chi connectivity index (χ0n) is 21.1. The lowest BCUT2D eigenvalue weighted by Gasteiger charge is -2.19. The Morgan fingerprint density at radius 3 is 2.64 bits per heavy atom. The highest BCUT2D eigenvalue weighted by Crippen LogP contribution is 2.20. The van der Waals surface area contributed by atoms with E-state index in [-0.39, 0.29) is 5.56 Å². The van der Waals surface area contributed by atoms with E-state index in [1.54, 1.807) is 6.92 Å². The van der Waals surface area contributed by atoms with E-state index in [1.807, 2.05) is 79.9 Å². The molecule has 0 aliphatic rings. The van der Waals surface area contributed by atoms with Crippen LogP contribution in [0.4, 0.5) is 4.79 Å². The summed E-state index contributed by atoms with van der Waals surface area (Å²) in [7, 11) is 0. The molecule has 2 heterocycles. The van der Waals surface area contributed by atoms with E-state index < -0.39 is 11.7 Å². The van der Waals surface area contributed by atoms with Gasteiger partial charge in [0, 0.05) is 19.3 Å². The van der Waals surface area contributed by atoms with Gasteiger partial charge in [0.25, 0.3) is 5.56 Å². The van der Waals surface area contributed by atoms with Crippen molar-refractivity contribution in [3.8, 4) is 11.1 Å². The highest BCUT2D eigenvalue weighted by atomic mass is 16.6. The van der Waals surface area contributed by atoms with Gasteiger partial charge in [-0.05, 0) is 63.9 Å². The van der Waals surface area contributed by atoms with Gasteiger partial charge in [-0.25, -0.2) is 9.78 Å². The number of aromatic amines is 1. The second kappa shape index (κ2) is 10.7. The van der Waals surface area contributed by atoms with Gasteiger partial charge >= 0.3 is 6.09 Å². The molecule has 0 aliphatic heterocycles. The number of nitrogens with zero attached hydrogens (tertiary/aromatic N) is 3. The lowest BCUT2D eigenvalue weighted by molar-refractivity contribution is 0.0563. The highest BCUT2D eigenvalue weighted by molar-refractivity contribution is 5.93. The van der Waals surface area contributed by atoms with Gasteiger partial charge in [0.05, 0.1) is 16.6 Å². The van der Waals surface area contributed by atoms with Crippen molar-refractivity contribution < 1.29 is 9.53 Å². The van der Waals surface area contributed by atoms with E-state index in [9.17, 15) is 9.59 Å². The number of H-pyrrole nitrogens is 1. The van der Waals surface area contributed by atoms with E-state index in [1.165, 1.54) is 0 Å². The number of fused-ring (bicyclic) bond motifs is 3. The van der Waals surface area contributed by atoms with Gasteiger partial charge in [-0.3, -0.25) is 24.5 Å². The van der Waals surface area contributed by atoms with Crippen molar-refractivity contribution in [2.24, 2.45) is 4.99 Å². The van der Waals surface area contributed by atoms with Crippen LogP contribution >= 0.6 is 0 Å². The minimum Gasteiger partial charge on any atom is -0.444 e. The largest absolute Gasteiger partial charge is 0.444 e. The molecule has 0 saturated carbocycles. The maximum absolute atomic E-state index is 12.7. The number of carbonyl (C=O) groups is 1. The van der Waals surface area contributed by atoms with E-state index in [2.05, 4.69) is 25.6 Å². The number of nitrogens with one attached hydrogen (secondary N) is 3. The molecule has 0 bridgehead atoms. The van der Waals surface area contributed by atoms with Crippen LogP contribution in [0, 0.1) is 0 Å². The molecule has 0 unspecified atom stereocenters. The smallest absolute Gasteiger partial charge is 0.413 e. The molecule has 0 atom stereocenters. The number of imidazole rings is 1. The Kier molecular flexibility index (Phi) is 7.49. The Bertz CT molecular complexity index is 1440. The third kappa shape index (κ3) is 6.37. The first kappa shape index (κ1) is 25.1. The molecule has 2 aromatic carbocycles. The van der Waals surface area contributed by atoms with Crippen molar-refractivity contribution in [3.05, 3.63) is 70.6 Å². The Balaban J connectivity index is 1.28. The van der Waals surface area contributed by atoms with E-state index in [4.69, 9.17) is 4.74 Å². The van der Waals surface area contributed by atoms with Gasteiger partial charge < -0.3 is 10.1 Å². The summed E-state index contributed by atoms with van der Waals surface area (Å²) < 4.78 is 7.12. The zero-order chi connectivity index (χ0) is 25.7. The third-order valence-corrected chi connectivity index (χ3v) is 5.46. The first-order valence-corrected chi connectivity index (χ1v) is 12.0. The summed E-state index contributed by atoms with van der Waals surface area (Å²) in [5, 5.41) is 6.03. The fourth-order valence-electron chi connectivity index (χ4n) is 3.80. The normalized spacial score (nSPS) is 12.3. The van der Waals surface area contributed by atoms with Crippen LogP contribution in [-0.2, 0) is 11.3 Å². The zero-order valence-corrected chi connectivity index (χ0v) is 21.1. The first-order chi connectivity index (χ1) is 17.2. The molecule has 1 amide bonds. The number of amidine groups is 1. The SMILES string of the molecule is CC(=NCCCNCc1ccc(-c2cn3c(nc4ccccc43)[nH]c2=O)cc1)NC(=O)OC(C)(C)C. The number of amides is 1. The molecule has 0 fully saturated rings. The first-order valence-electron chi connectivity index (χ1n) is 12.0. The molecule has 4 rings (SSSR count). The predicted molar refractivity (Wildman–Crippen MR) is 142 cm³/mol. The van der Waals surface area contributed by atoms with Crippen molar-refractivity contribution in [3.63, 3.8) is 0 Å². The van der Waals surface area contributed by atoms with Crippen LogP contribution in [-0.4, -0.2) is 45.0 Å². The lowest BCUT2D eigenvalue weighted by atomic mass is 10.1. The third-order valence-electron chi connectivity index (χ3n) is 5.46. The summed E-state index contributed by atoms with van der Waals surface area (Å²) in [5.74, 6) is 1.07. The number of aromatic nitrogens is 3. The summed E-state index contributed by atoms with van der Waals surface area (Å²) in [5.41, 5.74) is 3.65. The molecule has 0 radical (unpaired) electrons. The van der Waals surface area contributed by atoms with Crippen LogP contribution in [0.15, 0.2) is 64.5 Å². The van der Waals surface area contributed by atoms with Gasteiger partial charge in [-0.2, -0.15) is 0 Å². The maximum atomic E-state index is 12.7. The average molecular weight is 489 g/mol. The van der Waals surface area contributed by atoms with Crippen molar-refractivity contribution in [2.75, 3.05) is 13.1 Å². The number of benzene rings is 2. The van der Waals surface area contributed by atoms with E-state index in [0.29, 0.717) is 30.3 Å². The molecule has 9 nitrogen and oxygen atoms in total. The van der Waals surface area contributed by atoms with Crippen LogP contribution in [0.3, 0.4) is 0 Å². The van der Waals surface area contributed by atoms with Crippen LogP contribution in [0.5, 0.6) is 0 Å². The second-order valence-electron chi connectivity index (χ2n) is 9.61. The van der Waals surface area contributed by atoms with Crippen molar-refractivity contribution in [2.45, 2.75) is 46.3 Å². The van der Waals surface area contributed by atoms with Crippen molar-refractivity contribution in [1.82, 2.24) is 25.0 Å². The predicted octanol–water partition coefficient (Wildman–Crippen LogP) is 4.27. The molecule has 2 aromatic heterocycles. The minimum absolute atomic E-state index is 0.166. The number of ether oxygens (including phenoxy) is 1. The molecule has 0 saturated heterocycles. The average Bonchev–Trinajstić information content (AvgIpc) is 3.17. The molecule has 4 aromatic rings. The van der Waals surface area contributed by atoms with Gasteiger partial charge in [-0.1, -0.05) is 36.4 Å². The van der Waals surface area contributed by atoms with Crippen molar-refractivity contribution >= 4 is 28.7 Å².